The molecule has 0 nitrogen and oxygen atoms in total. The molecule has 1 aliphatic carbocycles. The molecule has 0 N–H and O–H groups in total. The van der Waals surface area contributed by atoms with Gasteiger partial charge >= 0.3 is 75.9 Å². The Bertz CT molecular complexity index is 286. The average Bonchev–Trinajstić information content (AvgIpc) is 2.34. The predicted molar refractivity (Wildman–Crippen MR) is 38.2 cm³/mol. The van der Waals surface area contributed by atoms with Crippen molar-refractivity contribution in [2.24, 2.45) is 0 Å². The summed E-state index contributed by atoms with van der Waals surface area (Å²) in [5.74, 6) is 0. The van der Waals surface area contributed by atoms with Gasteiger partial charge < -0.3 is 71.9 Å². The average molecular weight is 587 g/mol. The molecule has 0 saturated heterocycles. The summed E-state index contributed by atoms with van der Waals surface area (Å²) in [4.78, 5) is 0. The van der Waals surface area contributed by atoms with Crippen molar-refractivity contribution in [2.45, 2.75) is 3.63 Å². The van der Waals surface area contributed by atoms with E-state index < -0.39 is 0 Å². The number of benzene rings is 1. The van der Waals surface area contributed by atoms with Crippen molar-refractivity contribution in [3.05, 3.63) is 41.5 Å². The van der Waals surface area contributed by atoms with Crippen molar-refractivity contribution in [2.75, 3.05) is 0 Å². The van der Waals surface area contributed by atoms with Gasteiger partial charge in [0.25, 0.3) is 0 Å². The van der Waals surface area contributed by atoms with E-state index >= 15 is 0 Å². The summed E-state index contributed by atoms with van der Waals surface area (Å²) in [6.45, 7) is 0. The molecule has 1 aromatic carbocycles. The van der Waals surface area contributed by atoms with Crippen molar-refractivity contribution in [3.8, 4) is 0 Å². The molecule has 2 rings (SSSR count). The van der Waals surface area contributed by atoms with Gasteiger partial charge in [0, 0.05) is 0 Å². The molecule has 0 aromatic heterocycles. The Morgan fingerprint density at radius 1 is 1.00 bits per heavy atom. The zero-order chi connectivity index (χ0) is 6.97. The van der Waals surface area contributed by atoms with Crippen molar-refractivity contribution in [3.63, 3.8) is 0 Å². The fourth-order valence-corrected chi connectivity index (χ4v) is 2.13. The summed E-state index contributed by atoms with van der Waals surface area (Å²) in [6.07, 6.45) is 4.50. The van der Waals surface area contributed by atoms with Crippen LogP contribution in [0.15, 0.2) is 30.3 Å². The van der Waals surface area contributed by atoms with Crippen LogP contribution in [0.3, 0.4) is 0 Å². The summed E-state index contributed by atoms with van der Waals surface area (Å²) < 4.78 is 0.711. The normalized spacial score (nSPS) is 16.3. The first-order valence-corrected chi connectivity index (χ1v) is 4.78. The summed E-state index contributed by atoms with van der Waals surface area (Å²) >= 11 is 1.59. The topological polar surface area (TPSA) is 0 Å². The Labute approximate surface area is 145 Å². The second-order valence-electron chi connectivity index (χ2n) is 2.47. The monoisotopic (exact) mass is 586 g/mol. The molecule has 1 aliphatic rings. The molecule has 1 unspecified atom stereocenters. The zero-order valence-corrected chi connectivity index (χ0v) is 15.6. The molecule has 0 spiro atoms. The third-order valence-electron chi connectivity index (χ3n) is 1.80. The van der Waals surface area contributed by atoms with Crippen LogP contribution < -0.4 is 71.9 Å². The number of fused-ring (bicyclic) bond motifs is 1. The van der Waals surface area contributed by atoms with Crippen LogP contribution in [0.5, 0.6) is 0 Å². The molecule has 1 atom stereocenters. The number of halogens is 3. The van der Waals surface area contributed by atoms with E-state index in [4.69, 9.17) is 0 Å². The van der Waals surface area contributed by atoms with Crippen molar-refractivity contribution in [1.29, 1.82) is 0 Å². The predicted octanol–water partition coefficient (Wildman–Crippen LogP) is -6.69. The maximum atomic E-state index is 2.28. The SMILES string of the molecule is [I-].[I-].[I-].[Zr+3][CH]1C=Cc2ccccc21. The molecule has 0 bridgehead atoms. The van der Waals surface area contributed by atoms with Gasteiger partial charge in [-0.3, -0.25) is 0 Å². The second-order valence-corrected chi connectivity index (χ2v) is 3.99. The minimum atomic E-state index is 0. The van der Waals surface area contributed by atoms with Crippen molar-refractivity contribution >= 4 is 6.08 Å². The van der Waals surface area contributed by atoms with E-state index in [2.05, 4.69) is 36.4 Å². The molecular weight excluding hydrogens is 580 g/mol. The van der Waals surface area contributed by atoms with Gasteiger partial charge in [-0.05, 0) is 0 Å². The standard InChI is InChI=1S/C9H7.3HI.Zr/c1-2-5-9-7-3-6-8(9)4-1;;;;/h1-7H;3*1H;/q;;;;+3/p-3. The van der Waals surface area contributed by atoms with Gasteiger partial charge in [0.15, 0.2) is 0 Å². The van der Waals surface area contributed by atoms with Gasteiger partial charge in [-0.2, -0.15) is 0 Å². The van der Waals surface area contributed by atoms with Gasteiger partial charge in [-0.15, -0.1) is 0 Å². The quantitative estimate of drug-likeness (QED) is 0.265. The van der Waals surface area contributed by atoms with Crippen LogP contribution in [0.4, 0.5) is 0 Å². The Balaban J connectivity index is 0. The van der Waals surface area contributed by atoms with E-state index in [0.717, 1.165) is 0 Å². The number of allylic oxidation sites excluding steroid dienone is 1. The van der Waals surface area contributed by atoms with E-state index in [1.807, 2.05) is 0 Å². The van der Waals surface area contributed by atoms with Crippen molar-refractivity contribution < 1.29 is 96.6 Å². The van der Waals surface area contributed by atoms with Crippen LogP contribution in [0.25, 0.3) is 6.08 Å². The van der Waals surface area contributed by atoms with Gasteiger partial charge in [0.2, 0.25) is 0 Å². The van der Waals surface area contributed by atoms with E-state index in [1.54, 1.807) is 24.7 Å². The number of hydrogen-bond acceptors (Lipinski definition) is 0. The third kappa shape index (κ3) is 4.19. The molecule has 68 valence electrons. The molecule has 0 fully saturated rings. The second kappa shape index (κ2) is 8.22. The fraction of sp³-hybridized carbons (Fsp3) is 0.111. The molecule has 0 aliphatic heterocycles. The number of rotatable bonds is 0. The van der Waals surface area contributed by atoms with Gasteiger partial charge in [-0.25, -0.2) is 0 Å². The Morgan fingerprint density at radius 2 is 1.62 bits per heavy atom. The number of hydrogen-bond donors (Lipinski definition) is 0. The van der Waals surface area contributed by atoms with Crippen LogP contribution >= 0.6 is 0 Å². The fourth-order valence-electron chi connectivity index (χ4n) is 1.25. The summed E-state index contributed by atoms with van der Waals surface area (Å²) in [5, 5.41) is 0. The Kier molecular flexibility index (Phi) is 11.0. The first kappa shape index (κ1) is 17.4. The summed E-state index contributed by atoms with van der Waals surface area (Å²) in [5.41, 5.74) is 2.91. The molecule has 4 heteroatoms. The first-order chi connectivity index (χ1) is 4.88. The molecule has 0 amide bonds. The van der Waals surface area contributed by atoms with Crippen molar-refractivity contribution in [1.82, 2.24) is 0 Å². The molecular formula is C9H7I3Zr. The van der Waals surface area contributed by atoms with Crippen LogP contribution in [0.2, 0.25) is 0 Å². The zero-order valence-electron chi connectivity index (χ0n) is 6.68. The Morgan fingerprint density at radius 3 is 2.23 bits per heavy atom. The van der Waals surface area contributed by atoms with Gasteiger partial charge in [-0.1, -0.05) is 0 Å². The minimum absolute atomic E-state index is 0. The summed E-state index contributed by atoms with van der Waals surface area (Å²) in [6, 6.07) is 8.60. The van der Waals surface area contributed by atoms with Crippen LogP contribution in [-0.4, -0.2) is 0 Å². The van der Waals surface area contributed by atoms with E-state index in [1.165, 1.54) is 11.1 Å². The summed E-state index contributed by atoms with van der Waals surface area (Å²) in [7, 11) is 0. The van der Waals surface area contributed by atoms with Gasteiger partial charge in [0.05, 0.1) is 0 Å². The molecule has 0 radical (unpaired) electrons. The molecule has 13 heavy (non-hydrogen) atoms. The van der Waals surface area contributed by atoms with Crippen LogP contribution in [0, 0.1) is 0 Å². The van der Waals surface area contributed by atoms with E-state index in [-0.39, 0.29) is 71.9 Å². The molecule has 1 aromatic rings. The van der Waals surface area contributed by atoms with Crippen LogP contribution in [-0.2, 0) is 24.7 Å². The van der Waals surface area contributed by atoms with E-state index in [9.17, 15) is 0 Å². The van der Waals surface area contributed by atoms with Crippen LogP contribution in [0.1, 0.15) is 14.8 Å². The Hall–Kier alpha value is 2.03. The maximum absolute atomic E-state index is 2.28. The molecule has 0 heterocycles. The third-order valence-corrected chi connectivity index (χ3v) is 3.04. The first-order valence-electron chi connectivity index (χ1n) is 3.36. The van der Waals surface area contributed by atoms with Gasteiger partial charge in [0.1, 0.15) is 0 Å². The van der Waals surface area contributed by atoms with E-state index in [0.29, 0.717) is 3.63 Å². The molecule has 0 saturated carbocycles.